The zero-order chi connectivity index (χ0) is 11.0. The molecular formula is C12H19N3O. The maximum atomic E-state index is 9.94. The smallest absolute Gasteiger partial charge is 0.0951 e. The van der Waals surface area contributed by atoms with E-state index >= 15 is 0 Å². The van der Waals surface area contributed by atoms with Crippen LogP contribution in [-0.2, 0) is 6.54 Å². The quantitative estimate of drug-likeness (QED) is 0.786. The molecular weight excluding hydrogens is 202 g/mol. The SMILES string of the molecule is OC1(CNCc2cncn2C2CC2)CCC1. The number of nitrogens with one attached hydrogen (secondary N) is 1. The Morgan fingerprint density at radius 3 is 2.94 bits per heavy atom. The molecule has 0 aromatic carbocycles. The topological polar surface area (TPSA) is 50.1 Å². The number of hydrogen-bond acceptors (Lipinski definition) is 3. The van der Waals surface area contributed by atoms with Crippen LogP contribution in [-0.4, -0.2) is 26.8 Å². The van der Waals surface area contributed by atoms with Gasteiger partial charge in [-0.3, -0.25) is 0 Å². The van der Waals surface area contributed by atoms with Crippen molar-refractivity contribution in [1.82, 2.24) is 14.9 Å². The Bertz CT molecular complexity index is 366. The highest BCUT2D eigenvalue weighted by atomic mass is 16.3. The molecule has 4 nitrogen and oxygen atoms in total. The highest BCUT2D eigenvalue weighted by Gasteiger charge is 2.33. The van der Waals surface area contributed by atoms with E-state index in [0.717, 1.165) is 25.8 Å². The summed E-state index contributed by atoms with van der Waals surface area (Å²) >= 11 is 0. The van der Waals surface area contributed by atoms with Crippen LogP contribution in [0.3, 0.4) is 0 Å². The van der Waals surface area contributed by atoms with Gasteiger partial charge in [0.2, 0.25) is 0 Å². The molecule has 0 atom stereocenters. The van der Waals surface area contributed by atoms with E-state index in [4.69, 9.17) is 0 Å². The third-order valence-corrected chi connectivity index (χ3v) is 3.73. The van der Waals surface area contributed by atoms with Crippen molar-refractivity contribution in [2.24, 2.45) is 0 Å². The van der Waals surface area contributed by atoms with Crippen LogP contribution in [0, 0.1) is 0 Å². The summed E-state index contributed by atoms with van der Waals surface area (Å²) in [6.45, 7) is 1.53. The van der Waals surface area contributed by atoms with Gasteiger partial charge in [0.1, 0.15) is 0 Å². The molecule has 3 rings (SSSR count). The third kappa shape index (κ3) is 1.99. The van der Waals surface area contributed by atoms with Crippen molar-refractivity contribution >= 4 is 0 Å². The summed E-state index contributed by atoms with van der Waals surface area (Å²) in [6.07, 6.45) is 9.48. The van der Waals surface area contributed by atoms with E-state index < -0.39 is 5.60 Å². The van der Waals surface area contributed by atoms with Crippen molar-refractivity contribution in [3.05, 3.63) is 18.2 Å². The van der Waals surface area contributed by atoms with E-state index in [9.17, 15) is 5.11 Å². The average molecular weight is 221 g/mol. The van der Waals surface area contributed by atoms with Gasteiger partial charge in [-0.2, -0.15) is 0 Å². The molecule has 1 aromatic heterocycles. The van der Waals surface area contributed by atoms with E-state index in [1.807, 2.05) is 12.5 Å². The number of rotatable bonds is 5. The largest absolute Gasteiger partial charge is 0.389 e. The van der Waals surface area contributed by atoms with Crippen LogP contribution in [0.5, 0.6) is 0 Å². The number of hydrogen-bond donors (Lipinski definition) is 2. The molecule has 0 amide bonds. The minimum atomic E-state index is -0.426. The number of aliphatic hydroxyl groups is 1. The molecule has 0 aliphatic heterocycles. The van der Waals surface area contributed by atoms with Crippen LogP contribution in [0.2, 0.25) is 0 Å². The molecule has 1 heterocycles. The lowest BCUT2D eigenvalue weighted by molar-refractivity contribution is -0.0315. The monoisotopic (exact) mass is 221 g/mol. The van der Waals surface area contributed by atoms with Crippen molar-refractivity contribution < 1.29 is 5.11 Å². The molecule has 2 N–H and O–H groups in total. The van der Waals surface area contributed by atoms with Crippen molar-refractivity contribution in [3.8, 4) is 0 Å². The predicted molar refractivity (Wildman–Crippen MR) is 61.0 cm³/mol. The molecule has 0 radical (unpaired) electrons. The zero-order valence-corrected chi connectivity index (χ0v) is 9.52. The fraction of sp³-hybridized carbons (Fsp3) is 0.750. The zero-order valence-electron chi connectivity index (χ0n) is 9.52. The van der Waals surface area contributed by atoms with E-state index in [-0.39, 0.29) is 0 Å². The van der Waals surface area contributed by atoms with Crippen LogP contribution < -0.4 is 5.32 Å². The standard InChI is InChI=1S/C12H19N3O/c16-12(4-1-5-12)8-13-6-11-7-14-9-15(11)10-2-3-10/h7,9-10,13,16H,1-6,8H2. The number of imidazole rings is 1. The highest BCUT2D eigenvalue weighted by Crippen LogP contribution is 2.35. The average Bonchev–Trinajstić information content (AvgIpc) is 2.97. The molecule has 0 bridgehead atoms. The van der Waals surface area contributed by atoms with Gasteiger partial charge in [0.25, 0.3) is 0 Å². The Morgan fingerprint density at radius 1 is 1.50 bits per heavy atom. The molecule has 2 aliphatic carbocycles. The lowest BCUT2D eigenvalue weighted by Gasteiger charge is -2.36. The van der Waals surface area contributed by atoms with E-state index in [2.05, 4.69) is 14.9 Å². The lowest BCUT2D eigenvalue weighted by Crippen LogP contribution is -2.46. The molecule has 16 heavy (non-hydrogen) atoms. The van der Waals surface area contributed by atoms with Gasteiger partial charge in [-0.15, -0.1) is 0 Å². The Kier molecular flexibility index (Phi) is 2.48. The predicted octanol–water partition coefficient (Wildman–Crippen LogP) is 1.22. The second-order valence-corrected chi connectivity index (χ2v) is 5.20. The van der Waals surface area contributed by atoms with Gasteiger partial charge < -0.3 is 15.0 Å². The fourth-order valence-corrected chi connectivity index (χ4v) is 2.34. The maximum Gasteiger partial charge on any atom is 0.0951 e. The summed E-state index contributed by atoms with van der Waals surface area (Å²) in [5.74, 6) is 0. The molecule has 88 valence electrons. The van der Waals surface area contributed by atoms with Gasteiger partial charge in [-0.1, -0.05) is 0 Å². The second kappa shape index (κ2) is 3.86. The Morgan fingerprint density at radius 2 is 2.31 bits per heavy atom. The number of nitrogens with zero attached hydrogens (tertiary/aromatic N) is 2. The van der Waals surface area contributed by atoms with E-state index in [1.165, 1.54) is 18.5 Å². The Balaban J connectivity index is 1.52. The van der Waals surface area contributed by atoms with Crippen LogP contribution in [0.25, 0.3) is 0 Å². The second-order valence-electron chi connectivity index (χ2n) is 5.20. The minimum Gasteiger partial charge on any atom is -0.389 e. The van der Waals surface area contributed by atoms with Gasteiger partial charge in [-0.25, -0.2) is 4.98 Å². The molecule has 4 heteroatoms. The van der Waals surface area contributed by atoms with Gasteiger partial charge in [0, 0.05) is 25.3 Å². The van der Waals surface area contributed by atoms with Crippen molar-refractivity contribution in [3.63, 3.8) is 0 Å². The first-order valence-corrected chi connectivity index (χ1v) is 6.21. The normalized spacial score (nSPS) is 23.1. The molecule has 1 aromatic rings. The highest BCUT2D eigenvalue weighted by molar-refractivity contribution is 5.03. The van der Waals surface area contributed by atoms with Gasteiger partial charge in [0.15, 0.2) is 0 Å². The van der Waals surface area contributed by atoms with Crippen LogP contribution in [0.4, 0.5) is 0 Å². The van der Waals surface area contributed by atoms with Gasteiger partial charge in [-0.05, 0) is 32.1 Å². The minimum absolute atomic E-state index is 0.426. The number of aromatic nitrogens is 2. The Hall–Kier alpha value is -0.870. The van der Waals surface area contributed by atoms with E-state index in [1.54, 1.807) is 0 Å². The van der Waals surface area contributed by atoms with Crippen LogP contribution in [0.15, 0.2) is 12.5 Å². The Labute approximate surface area is 95.7 Å². The molecule has 0 spiro atoms. The maximum absolute atomic E-state index is 9.94. The molecule has 2 fully saturated rings. The third-order valence-electron chi connectivity index (χ3n) is 3.73. The first kappa shape index (κ1) is 10.3. The summed E-state index contributed by atoms with van der Waals surface area (Å²) in [4.78, 5) is 4.19. The summed E-state index contributed by atoms with van der Waals surface area (Å²) in [5.41, 5.74) is 0.815. The van der Waals surface area contributed by atoms with Crippen molar-refractivity contribution in [1.29, 1.82) is 0 Å². The summed E-state index contributed by atoms with van der Waals surface area (Å²) in [7, 11) is 0. The van der Waals surface area contributed by atoms with Crippen molar-refractivity contribution in [2.45, 2.75) is 50.3 Å². The first-order chi connectivity index (χ1) is 7.77. The summed E-state index contributed by atoms with van der Waals surface area (Å²) in [5, 5.41) is 13.3. The molecule has 2 saturated carbocycles. The van der Waals surface area contributed by atoms with Gasteiger partial charge >= 0.3 is 0 Å². The van der Waals surface area contributed by atoms with Crippen molar-refractivity contribution in [2.75, 3.05) is 6.54 Å². The van der Waals surface area contributed by atoms with E-state index in [0.29, 0.717) is 12.6 Å². The first-order valence-electron chi connectivity index (χ1n) is 6.21. The van der Waals surface area contributed by atoms with Crippen LogP contribution in [0.1, 0.15) is 43.8 Å². The fourth-order valence-electron chi connectivity index (χ4n) is 2.34. The molecule has 2 aliphatic rings. The lowest BCUT2D eigenvalue weighted by atomic mass is 9.80. The van der Waals surface area contributed by atoms with Crippen LogP contribution >= 0.6 is 0 Å². The molecule has 0 saturated heterocycles. The van der Waals surface area contributed by atoms with Gasteiger partial charge in [0.05, 0.1) is 17.6 Å². The summed E-state index contributed by atoms with van der Waals surface area (Å²) < 4.78 is 2.26. The molecule has 0 unspecified atom stereocenters. The summed E-state index contributed by atoms with van der Waals surface area (Å²) in [6, 6.07) is 0.686.